The van der Waals surface area contributed by atoms with Crippen LogP contribution in [0.5, 0.6) is 0 Å². The molecule has 2 aromatic rings. The topological polar surface area (TPSA) is 125 Å². The van der Waals surface area contributed by atoms with Gasteiger partial charge < -0.3 is 19.7 Å². The van der Waals surface area contributed by atoms with Gasteiger partial charge in [-0.25, -0.2) is 9.97 Å². The Morgan fingerprint density at radius 2 is 1.08 bits per heavy atom. The van der Waals surface area contributed by atoms with Crippen LogP contribution in [0.3, 0.4) is 0 Å². The first-order valence-electron chi connectivity index (χ1n) is 21.8. The summed E-state index contributed by atoms with van der Waals surface area (Å²) in [5, 5.41) is 20.2. The zero-order chi connectivity index (χ0) is 50.6. The standard InChI is InChI=1S/C17H19F3N2O3Si.C12H10BrF3N2O3.C5H9Si.3C4H9.Sn/c1-10-14(25-2)16(24)22(15(10)23)13-8-12(17(18,19)20)11(9-21-13)6-7-26(3,4)5;1-5-9(21-2)11(20)18(10(5)19)8-3-6(12(14,15)16)7(13)4-17-8;1-5-6(2,3)4;3*1-3-4-2;/h8-9,16,24H,1-5H3;3-4,11,20H,1-2H3;2-4H3;3*1,3-4H2,2H3;. The van der Waals surface area contributed by atoms with Gasteiger partial charge in [-0.05, 0) is 41.9 Å². The van der Waals surface area contributed by atoms with Crippen molar-refractivity contribution in [2.45, 2.75) is 151 Å². The maximum atomic E-state index is 13.5. The van der Waals surface area contributed by atoms with E-state index in [2.05, 4.69) is 87.3 Å². The van der Waals surface area contributed by atoms with Gasteiger partial charge in [0, 0.05) is 16.9 Å². The molecule has 2 atom stereocenters. The first kappa shape index (κ1) is 58.8. The molecule has 0 radical (unpaired) electrons. The second-order valence-electron chi connectivity index (χ2n) is 18.2. The number of unbranched alkanes of at least 4 members (excludes halogenated alkanes) is 3. The van der Waals surface area contributed by atoms with E-state index in [1.54, 1.807) is 0 Å². The van der Waals surface area contributed by atoms with Crippen LogP contribution in [0.2, 0.25) is 52.6 Å². The third kappa shape index (κ3) is 16.4. The molecule has 0 fully saturated rings. The number of alkyl halides is 6. The largest absolute Gasteiger partial charge is 0.496 e. The van der Waals surface area contributed by atoms with Crippen LogP contribution >= 0.6 is 15.9 Å². The number of anilines is 2. The molecular weight excluding hydrogens is 1070 g/mol. The SMILES string of the molecule is CCC[CH2][Sn]([C]#C[Si](C)(C)C)([CH2]CCC)[CH2]CCC.COC1=C(C)C(=O)N(c2cc(C(F)(F)F)c(Br)cn2)C1O.COC1=C(C)C(=O)N(c2cc(C(F)(F)F)c(C#C[Si](C)(C)C)cn2)C1O. The Kier molecular flexibility index (Phi) is 22.1. The summed E-state index contributed by atoms with van der Waals surface area (Å²) in [6.45, 7) is 22.8. The maximum absolute atomic E-state index is 13.5. The molecule has 10 nitrogen and oxygen atoms in total. The molecule has 2 aliphatic heterocycles. The molecule has 0 bridgehead atoms. The number of halogens is 7. The third-order valence-electron chi connectivity index (χ3n) is 10.4. The fraction of sp³-hybridized carbons (Fsp3) is 0.565. The summed E-state index contributed by atoms with van der Waals surface area (Å²) in [5.41, 5.74) is 4.61. The number of aliphatic hydroxyl groups is 2. The normalized spacial score (nSPS) is 16.8. The number of carbonyl (C=O) groups excluding carboxylic acids is 2. The van der Waals surface area contributed by atoms with Crippen LogP contribution in [0, 0.1) is 20.9 Å². The number of aromatic nitrogens is 2. The van der Waals surface area contributed by atoms with E-state index >= 15 is 0 Å². The number of pyridine rings is 2. The number of methoxy groups -OCH3 is 2. The van der Waals surface area contributed by atoms with Gasteiger partial charge in [-0.1, -0.05) is 25.6 Å². The van der Waals surface area contributed by atoms with Crippen molar-refractivity contribution in [3.05, 3.63) is 68.4 Å². The fourth-order valence-corrected chi connectivity index (χ4v) is 25.9. The quantitative estimate of drug-likeness (QED) is 0.115. The smallest absolute Gasteiger partial charge is 0.417 e. The van der Waals surface area contributed by atoms with Crippen molar-refractivity contribution in [2.24, 2.45) is 0 Å². The van der Waals surface area contributed by atoms with Crippen molar-refractivity contribution in [3.8, 4) is 20.9 Å². The van der Waals surface area contributed by atoms with E-state index in [-0.39, 0.29) is 44.3 Å². The summed E-state index contributed by atoms with van der Waals surface area (Å²) in [6, 6.07) is 1.41. The molecular formula is C46H65BrF6N4O6Si2Sn. The molecule has 366 valence electrons. The van der Waals surface area contributed by atoms with E-state index in [1.807, 2.05) is 19.6 Å². The number of hydrogen-bond acceptors (Lipinski definition) is 8. The summed E-state index contributed by atoms with van der Waals surface area (Å²) < 4.78 is 97.2. The van der Waals surface area contributed by atoms with Crippen LogP contribution in [0.15, 0.2) is 51.7 Å². The van der Waals surface area contributed by atoms with E-state index < -0.39 is 82.3 Å². The van der Waals surface area contributed by atoms with Gasteiger partial charge in [0.1, 0.15) is 19.7 Å². The van der Waals surface area contributed by atoms with E-state index in [0.29, 0.717) is 6.07 Å². The van der Waals surface area contributed by atoms with Crippen molar-refractivity contribution in [3.63, 3.8) is 0 Å². The number of nitrogens with zero attached hydrogens (tertiary/aromatic N) is 4. The number of rotatable bonds is 13. The number of hydrogen-bond donors (Lipinski definition) is 2. The summed E-state index contributed by atoms with van der Waals surface area (Å²) in [7, 11) is -0.558. The van der Waals surface area contributed by atoms with Gasteiger partial charge in [-0.15, -0.1) is 5.54 Å². The molecule has 4 rings (SSSR count). The average Bonchev–Trinajstić information content (AvgIpc) is 3.58. The minimum atomic E-state index is -4.68. The monoisotopic (exact) mass is 1140 g/mol. The fourth-order valence-electron chi connectivity index (χ4n) is 6.76. The molecule has 2 amide bonds. The molecule has 2 unspecified atom stereocenters. The molecule has 4 heterocycles. The van der Waals surface area contributed by atoms with Crippen LogP contribution in [0.4, 0.5) is 38.0 Å². The molecule has 20 heteroatoms. The number of amides is 2. The molecule has 0 aromatic carbocycles. The molecule has 2 aliphatic rings. The molecule has 0 saturated heterocycles. The number of carbonyl (C=O) groups is 2. The molecule has 2 N–H and O–H groups in total. The summed E-state index contributed by atoms with van der Waals surface area (Å²) in [5.74, 6) is 0.556. The van der Waals surface area contributed by atoms with Gasteiger partial charge >= 0.3 is 141 Å². The van der Waals surface area contributed by atoms with Crippen LogP contribution in [-0.2, 0) is 31.4 Å². The second kappa shape index (κ2) is 24.8. The molecule has 0 spiro atoms. The minimum absolute atomic E-state index is 0.0155. The Morgan fingerprint density at radius 3 is 1.41 bits per heavy atom. The second-order valence-corrected chi connectivity index (χ2v) is 40.8. The van der Waals surface area contributed by atoms with Crippen molar-refractivity contribution < 1.29 is 55.6 Å². The average molecular weight is 1140 g/mol. The number of aliphatic hydroxyl groups excluding tert-OH is 2. The predicted molar refractivity (Wildman–Crippen MR) is 259 cm³/mol. The summed E-state index contributed by atoms with van der Waals surface area (Å²) in [6.07, 6.45) is -2.06. The van der Waals surface area contributed by atoms with E-state index in [4.69, 9.17) is 9.47 Å². The number of ether oxygens (including phenoxy) is 2. The van der Waals surface area contributed by atoms with E-state index in [9.17, 15) is 46.1 Å². The van der Waals surface area contributed by atoms with E-state index in [1.165, 1.54) is 79.9 Å². The summed E-state index contributed by atoms with van der Waals surface area (Å²) >= 11 is 0.630. The van der Waals surface area contributed by atoms with Gasteiger partial charge in [0.2, 0.25) is 0 Å². The predicted octanol–water partition coefficient (Wildman–Crippen LogP) is 11.6. The van der Waals surface area contributed by atoms with Crippen molar-refractivity contribution in [2.75, 3.05) is 24.0 Å². The van der Waals surface area contributed by atoms with Gasteiger partial charge in [-0.3, -0.25) is 19.4 Å². The van der Waals surface area contributed by atoms with Crippen molar-refractivity contribution in [1.82, 2.24) is 9.97 Å². The van der Waals surface area contributed by atoms with Crippen molar-refractivity contribution in [1.29, 1.82) is 0 Å². The van der Waals surface area contributed by atoms with Crippen LogP contribution in [0.25, 0.3) is 0 Å². The molecule has 66 heavy (non-hydrogen) atoms. The Balaban J connectivity index is 0.000000345. The van der Waals surface area contributed by atoms with Gasteiger partial charge in [-0.2, -0.15) is 26.3 Å². The zero-order valence-corrected chi connectivity index (χ0v) is 46.7. The first-order valence-corrected chi connectivity index (χ1v) is 37.1. The van der Waals surface area contributed by atoms with Gasteiger partial charge in [0.05, 0.1) is 42.1 Å². The van der Waals surface area contributed by atoms with Crippen LogP contribution in [0.1, 0.15) is 89.8 Å². The van der Waals surface area contributed by atoms with Gasteiger partial charge in [0.25, 0.3) is 11.8 Å². The Hall–Kier alpha value is -3.35. The maximum Gasteiger partial charge on any atom is 0.417 e. The molecule has 0 saturated carbocycles. The molecule has 2 aromatic heterocycles. The Bertz CT molecular complexity index is 2200. The summed E-state index contributed by atoms with van der Waals surface area (Å²) in [4.78, 5) is 33.5. The first-order chi connectivity index (χ1) is 30.4. The van der Waals surface area contributed by atoms with Crippen LogP contribution in [-0.4, -0.2) is 93.2 Å². The zero-order valence-electron chi connectivity index (χ0n) is 40.3. The Morgan fingerprint density at radius 1 is 0.697 bits per heavy atom. The Labute approximate surface area is 401 Å². The third-order valence-corrected chi connectivity index (χ3v) is 26.5. The van der Waals surface area contributed by atoms with E-state index in [0.717, 1.165) is 28.3 Å². The minimum Gasteiger partial charge on any atom is -0.496 e. The van der Waals surface area contributed by atoms with Crippen LogP contribution < -0.4 is 9.80 Å². The van der Waals surface area contributed by atoms with Gasteiger partial charge in [0.15, 0.2) is 24.0 Å². The van der Waals surface area contributed by atoms with Crippen molar-refractivity contribution >= 4 is 73.9 Å². The molecule has 0 aliphatic carbocycles.